The smallest absolute Gasteiger partial charge is 0.237 e. The molecular formula is C11H16N4O. The molecule has 0 spiro atoms. The van der Waals surface area contributed by atoms with Crippen LogP contribution in [0.2, 0.25) is 0 Å². The van der Waals surface area contributed by atoms with Gasteiger partial charge in [0.15, 0.2) is 0 Å². The van der Waals surface area contributed by atoms with E-state index in [0.717, 1.165) is 13.0 Å². The van der Waals surface area contributed by atoms with Gasteiger partial charge in [-0.15, -0.1) is 12.3 Å². The van der Waals surface area contributed by atoms with E-state index < -0.39 is 6.04 Å². The monoisotopic (exact) mass is 220 g/mol. The number of rotatable bonds is 6. The SMILES string of the molecule is C#CCC(N)C(=O)NCCCn1cccn1. The molecule has 0 aliphatic rings. The molecular weight excluding hydrogens is 204 g/mol. The Morgan fingerprint density at radius 3 is 3.12 bits per heavy atom. The minimum Gasteiger partial charge on any atom is -0.355 e. The zero-order valence-electron chi connectivity index (χ0n) is 9.10. The van der Waals surface area contributed by atoms with Gasteiger partial charge < -0.3 is 11.1 Å². The average Bonchev–Trinajstić information content (AvgIpc) is 2.77. The van der Waals surface area contributed by atoms with Crippen LogP contribution in [-0.4, -0.2) is 28.3 Å². The number of nitrogens with zero attached hydrogens (tertiary/aromatic N) is 2. The molecule has 0 saturated carbocycles. The van der Waals surface area contributed by atoms with E-state index in [0.29, 0.717) is 6.54 Å². The van der Waals surface area contributed by atoms with Crippen molar-refractivity contribution in [2.45, 2.75) is 25.4 Å². The van der Waals surface area contributed by atoms with E-state index >= 15 is 0 Å². The van der Waals surface area contributed by atoms with Gasteiger partial charge in [-0.3, -0.25) is 9.48 Å². The molecule has 0 aliphatic heterocycles. The summed E-state index contributed by atoms with van der Waals surface area (Å²) in [5, 5.41) is 6.78. The van der Waals surface area contributed by atoms with Crippen molar-refractivity contribution in [1.82, 2.24) is 15.1 Å². The van der Waals surface area contributed by atoms with Crippen molar-refractivity contribution < 1.29 is 4.79 Å². The van der Waals surface area contributed by atoms with Gasteiger partial charge in [-0.05, 0) is 12.5 Å². The van der Waals surface area contributed by atoms with Gasteiger partial charge in [0.05, 0.1) is 6.04 Å². The summed E-state index contributed by atoms with van der Waals surface area (Å²) in [6.07, 6.45) is 9.75. The highest BCUT2D eigenvalue weighted by atomic mass is 16.2. The van der Waals surface area contributed by atoms with Crippen molar-refractivity contribution in [3.05, 3.63) is 18.5 Å². The third-order valence-electron chi connectivity index (χ3n) is 2.10. The highest BCUT2D eigenvalue weighted by Gasteiger charge is 2.10. The topological polar surface area (TPSA) is 72.9 Å². The van der Waals surface area contributed by atoms with Gasteiger partial charge in [-0.25, -0.2) is 0 Å². The Bertz CT molecular complexity index is 353. The predicted molar refractivity (Wildman–Crippen MR) is 61.3 cm³/mol. The number of hydrogen-bond donors (Lipinski definition) is 2. The molecule has 3 N–H and O–H groups in total. The Kier molecular flexibility index (Phi) is 5.09. The fraction of sp³-hybridized carbons (Fsp3) is 0.455. The van der Waals surface area contributed by atoms with E-state index in [4.69, 9.17) is 12.2 Å². The van der Waals surface area contributed by atoms with E-state index in [-0.39, 0.29) is 12.3 Å². The van der Waals surface area contributed by atoms with Crippen LogP contribution in [0.5, 0.6) is 0 Å². The summed E-state index contributed by atoms with van der Waals surface area (Å²) >= 11 is 0. The number of carbonyl (C=O) groups excluding carboxylic acids is 1. The fourth-order valence-corrected chi connectivity index (χ4v) is 1.24. The molecule has 1 atom stereocenters. The first kappa shape index (κ1) is 12.3. The first-order valence-corrected chi connectivity index (χ1v) is 5.18. The Morgan fingerprint density at radius 1 is 1.69 bits per heavy atom. The van der Waals surface area contributed by atoms with Crippen molar-refractivity contribution in [2.24, 2.45) is 5.73 Å². The van der Waals surface area contributed by atoms with Crippen LogP contribution in [0.1, 0.15) is 12.8 Å². The number of nitrogens with one attached hydrogen (secondary N) is 1. The van der Waals surface area contributed by atoms with E-state index in [1.54, 1.807) is 6.20 Å². The number of aromatic nitrogens is 2. The van der Waals surface area contributed by atoms with E-state index in [1.807, 2.05) is 16.9 Å². The quantitative estimate of drug-likeness (QED) is 0.512. The van der Waals surface area contributed by atoms with Crippen molar-refractivity contribution in [2.75, 3.05) is 6.54 Å². The number of hydrogen-bond acceptors (Lipinski definition) is 3. The molecule has 0 radical (unpaired) electrons. The lowest BCUT2D eigenvalue weighted by atomic mass is 10.2. The predicted octanol–water partition coefficient (Wildman–Crippen LogP) is -0.260. The van der Waals surface area contributed by atoms with Crippen molar-refractivity contribution >= 4 is 5.91 Å². The van der Waals surface area contributed by atoms with Crippen LogP contribution in [-0.2, 0) is 11.3 Å². The van der Waals surface area contributed by atoms with Crippen molar-refractivity contribution in [3.8, 4) is 12.3 Å². The summed E-state index contributed by atoms with van der Waals surface area (Å²) in [6.45, 7) is 1.36. The summed E-state index contributed by atoms with van der Waals surface area (Å²) in [5.74, 6) is 2.17. The van der Waals surface area contributed by atoms with E-state index in [1.165, 1.54) is 0 Å². The molecule has 1 amide bonds. The largest absolute Gasteiger partial charge is 0.355 e. The molecule has 0 fully saturated rings. The number of carbonyl (C=O) groups is 1. The van der Waals surface area contributed by atoms with Gasteiger partial charge in [-0.2, -0.15) is 5.10 Å². The van der Waals surface area contributed by atoms with Crippen LogP contribution in [0.15, 0.2) is 18.5 Å². The molecule has 0 bridgehead atoms. The zero-order chi connectivity index (χ0) is 11.8. The number of nitrogens with two attached hydrogens (primary N) is 1. The van der Waals surface area contributed by atoms with Crippen LogP contribution < -0.4 is 11.1 Å². The molecule has 86 valence electrons. The van der Waals surface area contributed by atoms with Crippen LogP contribution in [0.25, 0.3) is 0 Å². The van der Waals surface area contributed by atoms with Gasteiger partial charge in [0.2, 0.25) is 5.91 Å². The van der Waals surface area contributed by atoms with E-state index in [9.17, 15) is 4.79 Å². The van der Waals surface area contributed by atoms with Crippen molar-refractivity contribution in [1.29, 1.82) is 0 Å². The summed E-state index contributed by atoms with van der Waals surface area (Å²) < 4.78 is 1.81. The van der Waals surface area contributed by atoms with Crippen LogP contribution in [0, 0.1) is 12.3 Å². The summed E-state index contributed by atoms with van der Waals surface area (Å²) in [4.78, 5) is 11.3. The molecule has 16 heavy (non-hydrogen) atoms. The van der Waals surface area contributed by atoms with Gasteiger partial charge in [0, 0.05) is 31.9 Å². The Labute approximate surface area is 95.0 Å². The van der Waals surface area contributed by atoms with Gasteiger partial charge in [-0.1, -0.05) is 0 Å². The third-order valence-corrected chi connectivity index (χ3v) is 2.10. The molecule has 5 heteroatoms. The molecule has 1 heterocycles. The maximum atomic E-state index is 11.3. The molecule has 1 unspecified atom stereocenters. The van der Waals surface area contributed by atoms with Crippen LogP contribution in [0.4, 0.5) is 0 Å². The summed E-state index contributed by atoms with van der Waals surface area (Å²) in [7, 11) is 0. The normalized spacial score (nSPS) is 11.8. The number of aryl methyl sites for hydroxylation is 1. The lowest BCUT2D eigenvalue weighted by Crippen LogP contribution is -2.40. The number of terminal acetylenes is 1. The molecule has 1 aromatic heterocycles. The highest BCUT2D eigenvalue weighted by Crippen LogP contribution is 1.89. The van der Waals surface area contributed by atoms with Crippen molar-refractivity contribution in [3.63, 3.8) is 0 Å². The molecule has 0 aromatic carbocycles. The molecule has 5 nitrogen and oxygen atoms in total. The first-order valence-electron chi connectivity index (χ1n) is 5.18. The van der Waals surface area contributed by atoms with Crippen LogP contribution >= 0.6 is 0 Å². The minimum atomic E-state index is -0.602. The second-order valence-electron chi connectivity index (χ2n) is 3.43. The second-order valence-corrected chi connectivity index (χ2v) is 3.43. The molecule has 1 rings (SSSR count). The van der Waals surface area contributed by atoms with Gasteiger partial charge in [0.25, 0.3) is 0 Å². The third kappa shape index (κ3) is 4.15. The Balaban J connectivity index is 2.11. The fourth-order valence-electron chi connectivity index (χ4n) is 1.24. The minimum absolute atomic E-state index is 0.196. The van der Waals surface area contributed by atoms with Crippen LogP contribution in [0.3, 0.4) is 0 Å². The maximum absolute atomic E-state index is 11.3. The number of amides is 1. The standard InChI is InChI=1S/C11H16N4O/c1-2-5-10(12)11(16)13-6-3-8-15-9-4-7-14-15/h1,4,7,9-10H,3,5-6,8,12H2,(H,13,16). The summed E-state index contributed by atoms with van der Waals surface area (Å²) in [6, 6.07) is 1.26. The Hall–Kier alpha value is -1.80. The first-order chi connectivity index (χ1) is 7.74. The highest BCUT2D eigenvalue weighted by molar-refractivity contribution is 5.81. The molecule has 0 aliphatic carbocycles. The van der Waals surface area contributed by atoms with Gasteiger partial charge >= 0.3 is 0 Å². The summed E-state index contributed by atoms with van der Waals surface area (Å²) in [5.41, 5.74) is 5.53. The zero-order valence-corrected chi connectivity index (χ0v) is 9.10. The average molecular weight is 220 g/mol. The molecule has 0 saturated heterocycles. The lowest BCUT2D eigenvalue weighted by molar-refractivity contribution is -0.122. The Morgan fingerprint density at radius 2 is 2.50 bits per heavy atom. The van der Waals surface area contributed by atoms with E-state index in [2.05, 4.69) is 16.3 Å². The van der Waals surface area contributed by atoms with Gasteiger partial charge in [0.1, 0.15) is 0 Å². The second kappa shape index (κ2) is 6.64. The maximum Gasteiger partial charge on any atom is 0.237 e. The molecule has 1 aromatic rings. The lowest BCUT2D eigenvalue weighted by Gasteiger charge is -2.09.